The summed E-state index contributed by atoms with van der Waals surface area (Å²) in [6, 6.07) is 5.94. The number of quaternary nitrogens is 1. The summed E-state index contributed by atoms with van der Waals surface area (Å²) >= 11 is 5.78. The molecule has 0 fully saturated rings. The summed E-state index contributed by atoms with van der Waals surface area (Å²) < 4.78 is 0. The first-order chi connectivity index (χ1) is 9.93. The molecule has 0 heterocycles. The van der Waals surface area contributed by atoms with Crippen molar-refractivity contribution in [1.29, 1.82) is 0 Å². The van der Waals surface area contributed by atoms with Crippen LogP contribution in [0.3, 0.4) is 0 Å². The average molecular weight is 308 g/mol. The van der Waals surface area contributed by atoms with Gasteiger partial charge in [-0.2, -0.15) is 15.7 Å². The molecule has 0 amide bonds. The molecule has 112 valence electrons. The van der Waals surface area contributed by atoms with Crippen LogP contribution < -0.4 is 10.4 Å². The van der Waals surface area contributed by atoms with E-state index in [9.17, 15) is 0 Å². The maximum Gasteiger partial charge on any atom is 0.144 e. The molecule has 0 aliphatic rings. The van der Waals surface area contributed by atoms with Crippen molar-refractivity contribution in [2.75, 3.05) is 19.0 Å². The standard InChI is InChI=1S/C15H19ClN4O/c1-11-9-14(20(3)4)7-8-15(11)19-18-12(2)5-6-13(16)10-17-21/h5-10,17,21H,2H2,1,3-4H3/p+1. The number of nitrogens with two attached hydrogens (primary N) is 1. The molecule has 3 N–H and O–H groups in total. The fraction of sp³-hybridized carbons (Fsp3) is 0.200. The summed E-state index contributed by atoms with van der Waals surface area (Å²) in [5, 5.41) is 17.1. The molecule has 6 heteroatoms. The third-order valence-corrected chi connectivity index (χ3v) is 2.90. The van der Waals surface area contributed by atoms with Crippen molar-refractivity contribution in [3.63, 3.8) is 0 Å². The molecule has 0 unspecified atom stereocenters. The summed E-state index contributed by atoms with van der Waals surface area (Å²) in [5.41, 5.74) is 4.28. The van der Waals surface area contributed by atoms with E-state index in [1.807, 2.05) is 44.1 Å². The zero-order valence-corrected chi connectivity index (χ0v) is 13.2. The van der Waals surface area contributed by atoms with Gasteiger partial charge in [-0.25, -0.2) is 5.21 Å². The summed E-state index contributed by atoms with van der Waals surface area (Å²) in [5.74, 6) is 0. The second kappa shape index (κ2) is 8.36. The van der Waals surface area contributed by atoms with Crippen LogP contribution in [0.2, 0.25) is 0 Å². The SMILES string of the molecule is C=C(C=CC(Cl)=C[NH2+]O)N=Nc1ccc(N(C)C)cc1C. The Morgan fingerprint density at radius 3 is 2.67 bits per heavy atom. The normalized spacial score (nSPS) is 12.3. The van der Waals surface area contributed by atoms with Crippen LogP contribution in [-0.2, 0) is 0 Å². The number of nitrogens with zero attached hydrogens (tertiary/aromatic N) is 3. The van der Waals surface area contributed by atoms with E-state index in [0.717, 1.165) is 22.4 Å². The second-order valence-electron chi connectivity index (χ2n) is 4.59. The number of azo groups is 1. The van der Waals surface area contributed by atoms with Gasteiger partial charge in [0.05, 0.1) is 16.4 Å². The molecule has 0 saturated heterocycles. The van der Waals surface area contributed by atoms with Crippen molar-refractivity contribution in [3.05, 3.63) is 59.4 Å². The van der Waals surface area contributed by atoms with Crippen LogP contribution in [0.25, 0.3) is 0 Å². The molecule has 0 atom stereocenters. The lowest BCUT2D eigenvalue weighted by molar-refractivity contribution is -0.838. The predicted octanol–water partition coefficient (Wildman–Crippen LogP) is 3.25. The van der Waals surface area contributed by atoms with Gasteiger partial charge in [0.1, 0.15) is 6.20 Å². The maximum atomic E-state index is 8.56. The summed E-state index contributed by atoms with van der Waals surface area (Å²) in [6.07, 6.45) is 4.56. The maximum absolute atomic E-state index is 8.56. The molecule has 0 aromatic heterocycles. The first-order valence-electron chi connectivity index (χ1n) is 6.34. The number of rotatable bonds is 6. The van der Waals surface area contributed by atoms with Gasteiger partial charge in [-0.15, -0.1) is 0 Å². The minimum absolute atomic E-state index is 0.375. The predicted molar refractivity (Wildman–Crippen MR) is 85.9 cm³/mol. The molecule has 1 rings (SSSR count). The number of hydrogen-bond acceptors (Lipinski definition) is 4. The average Bonchev–Trinajstić information content (AvgIpc) is 2.44. The zero-order valence-electron chi connectivity index (χ0n) is 12.4. The number of hydrogen-bond donors (Lipinski definition) is 2. The smallest absolute Gasteiger partial charge is 0.144 e. The third kappa shape index (κ3) is 5.91. The molecule has 0 bridgehead atoms. The van der Waals surface area contributed by atoms with Crippen molar-refractivity contribution in [1.82, 2.24) is 0 Å². The van der Waals surface area contributed by atoms with Crippen molar-refractivity contribution in [2.24, 2.45) is 10.2 Å². The number of aryl methyl sites for hydroxylation is 1. The van der Waals surface area contributed by atoms with Gasteiger partial charge in [-0.05, 0) is 42.8 Å². The van der Waals surface area contributed by atoms with Gasteiger partial charge in [-0.3, -0.25) is 0 Å². The number of anilines is 1. The van der Waals surface area contributed by atoms with Crippen molar-refractivity contribution < 1.29 is 10.7 Å². The molecular weight excluding hydrogens is 288 g/mol. The van der Waals surface area contributed by atoms with Crippen LogP contribution in [0.15, 0.2) is 64.1 Å². The summed E-state index contributed by atoms with van der Waals surface area (Å²) in [4.78, 5) is 2.03. The van der Waals surface area contributed by atoms with E-state index in [4.69, 9.17) is 16.8 Å². The minimum Gasteiger partial charge on any atom is -0.378 e. The van der Waals surface area contributed by atoms with Gasteiger partial charge in [0, 0.05) is 19.8 Å². The van der Waals surface area contributed by atoms with E-state index in [1.165, 1.54) is 6.20 Å². The molecule has 5 nitrogen and oxygen atoms in total. The Bertz CT molecular complexity index is 591. The Labute approximate surface area is 129 Å². The van der Waals surface area contributed by atoms with Gasteiger partial charge in [-0.1, -0.05) is 18.2 Å². The lowest BCUT2D eigenvalue weighted by Crippen LogP contribution is -2.73. The summed E-state index contributed by atoms with van der Waals surface area (Å²) in [6.45, 7) is 5.75. The van der Waals surface area contributed by atoms with E-state index in [-0.39, 0.29) is 0 Å². The first kappa shape index (κ1) is 17.1. The highest BCUT2D eigenvalue weighted by Crippen LogP contribution is 2.24. The Hall–Kier alpha value is -1.95. The largest absolute Gasteiger partial charge is 0.378 e. The van der Waals surface area contributed by atoms with Gasteiger partial charge in [0.15, 0.2) is 0 Å². The van der Waals surface area contributed by atoms with Crippen molar-refractivity contribution in [2.45, 2.75) is 6.92 Å². The lowest BCUT2D eigenvalue weighted by Gasteiger charge is -2.13. The number of hydroxylamine groups is 1. The molecule has 0 aliphatic carbocycles. The van der Waals surface area contributed by atoms with E-state index in [1.54, 1.807) is 12.2 Å². The minimum atomic E-state index is 0.375. The van der Waals surface area contributed by atoms with Gasteiger partial charge in [0.2, 0.25) is 0 Å². The van der Waals surface area contributed by atoms with Crippen LogP contribution >= 0.6 is 11.6 Å². The highest BCUT2D eigenvalue weighted by Gasteiger charge is 2.00. The molecule has 21 heavy (non-hydrogen) atoms. The topological polar surface area (TPSA) is 64.8 Å². The molecule has 1 aromatic carbocycles. The van der Waals surface area contributed by atoms with Crippen LogP contribution in [-0.4, -0.2) is 19.3 Å². The van der Waals surface area contributed by atoms with Crippen molar-refractivity contribution in [3.8, 4) is 0 Å². The Morgan fingerprint density at radius 2 is 2.10 bits per heavy atom. The van der Waals surface area contributed by atoms with E-state index >= 15 is 0 Å². The highest BCUT2D eigenvalue weighted by molar-refractivity contribution is 6.31. The molecule has 0 aliphatic heterocycles. The van der Waals surface area contributed by atoms with Crippen LogP contribution in [0.5, 0.6) is 0 Å². The third-order valence-electron chi connectivity index (χ3n) is 2.65. The summed E-state index contributed by atoms with van der Waals surface area (Å²) in [7, 11) is 3.98. The van der Waals surface area contributed by atoms with Gasteiger partial charge >= 0.3 is 0 Å². The van der Waals surface area contributed by atoms with Crippen LogP contribution in [0.1, 0.15) is 5.56 Å². The Balaban J connectivity index is 2.77. The fourth-order valence-corrected chi connectivity index (χ4v) is 1.60. The molecule has 0 spiro atoms. The van der Waals surface area contributed by atoms with Gasteiger partial charge in [0.25, 0.3) is 0 Å². The highest BCUT2D eigenvalue weighted by atomic mass is 35.5. The monoisotopic (exact) mass is 307 g/mol. The molecule has 1 aromatic rings. The van der Waals surface area contributed by atoms with E-state index < -0.39 is 0 Å². The van der Waals surface area contributed by atoms with Crippen LogP contribution in [0.4, 0.5) is 11.4 Å². The van der Waals surface area contributed by atoms with Gasteiger partial charge < -0.3 is 4.90 Å². The van der Waals surface area contributed by atoms with E-state index in [0.29, 0.717) is 10.7 Å². The molecule has 0 saturated carbocycles. The Morgan fingerprint density at radius 1 is 1.38 bits per heavy atom. The van der Waals surface area contributed by atoms with Crippen molar-refractivity contribution >= 4 is 23.0 Å². The number of allylic oxidation sites excluding steroid dienone is 3. The zero-order chi connectivity index (χ0) is 15.8. The first-order valence-corrected chi connectivity index (χ1v) is 6.71. The Kier molecular flexibility index (Phi) is 6.81. The quantitative estimate of drug-likeness (QED) is 0.481. The number of benzene rings is 1. The molecule has 0 radical (unpaired) electrons. The fourth-order valence-electron chi connectivity index (χ4n) is 1.48. The van der Waals surface area contributed by atoms with E-state index in [2.05, 4.69) is 16.8 Å². The lowest BCUT2D eigenvalue weighted by atomic mass is 10.2. The molecular formula is C15H20ClN4O+. The second-order valence-corrected chi connectivity index (χ2v) is 5.03. The van der Waals surface area contributed by atoms with Crippen LogP contribution in [0, 0.1) is 6.92 Å². The number of halogens is 1.